The summed E-state index contributed by atoms with van der Waals surface area (Å²) in [6.07, 6.45) is 1.27. The van der Waals surface area contributed by atoms with Crippen LogP contribution in [0.4, 0.5) is 0 Å². The average molecular weight is 296 g/mol. The highest BCUT2D eigenvalue weighted by atomic mass is 28.3. The molecule has 2 aromatic carbocycles. The monoisotopic (exact) mass is 295 g/mol. The van der Waals surface area contributed by atoms with Gasteiger partial charge in [0.25, 0.3) is 0 Å². The van der Waals surface area contributed by atoms with Crippen LogP contribution in [0.5, 0.6) is 0 Å². The van der Waals surface area contributed by atoms with Crippen LogP contribution in [0, 0.1) is 0 Å². The molecule has 1 aliphatic rings. The van der Waals surface area contributed by atoms with Crippen LogP contribution in [-0.4, -0.2) is 14.1 Å². The predicted molar refractivity (Wildman–Crippen MR) is 93.8 cm³/mol. The van der Waals surface area contributed by atoms with Crippen molar-refractivity contribution in [3.63, 3.8) is 0 Å². The highest BCUT2D eigenvalue weighted by molar-refractivity contribution is 6.88. The van der Waals surface area contributed by atoms with Crippen LogP contribution in [0.15, 0.2) is 54.6 Å². The largest absolute Gasteiger partial charge is 0.309 e. The topological polar surface area (TPSA) is 12.0 Å². The highest BCUT2D eigenvalue weighted by Crippen LogP contribution is 2.40. The number of benzene rings is 2. The molecule has 110 valence electrons. The van der Waals surface area contributed by atoms with E-state index < -0.39 is 8.07 Å². The molecule has 2 atom stereocenters. The fourth-order valence-corrected chi connectivity index (χ4v) is 4.03. The molecule has 0 amide bonds. The van der Waals surface area contributed by atoms with Crippen LogP contribution < -0.4 is 10.5 Å². The Morgan fingerprint density at radius 3 is 2.24 bits per heavy atom. The smallest absolute Gasteiger partial charge is 0.0775 e. The van der Waals surface area contributed by atoms with Crippen LogP contribution >= 0.6 is 0 Å². The summed E-state index contributed by atoms with van der Waals surface area (Å²) in [6.45, 7) is 8.18. The molecule has 1 N–H and O–H groups in total. The van der Waals surface area contributed by atoms with E-state index in [1.54, 1.807) is 5.19 Å². The second kappa shape index (κ2) is 5.78. The van der Waals surface area contributed by atoms with Gasteiger partial charge in [-0.25, -0.2) is 0 Å². The number of nitrogens with one attached hydrogen (secondary N) is 1. The molecular formula is C19H25NSi. The van der Waals surface area contributed by atoms with Crippen molar-refractivity contribution in [2.75, 3.05) is 0 Å². The minimum atomic E-state index is -1.16. The van der Waals surface area contributed by atoms with E-state index in [2.05, 4.69) is 79.6 Å². The van der Waals surface area contributed by atoms with Gasteiger partial charge < -0.3 is 5.32 Å². The van der Waals surface area contributed by atoms with Crippen molar-refractivity contribution >= 4 is 13.3 Å². The van der Waals surface area contributed by atoms with Crippen molar-refractivity contribution in [3.8, 4) is 0 Å². The van der Waals surface area contributed by atoms with Gasteiger partial charge in [-0.3, -0.25) is 0 Å². The molecule has 2 unspecified atom stereocenters. The maximum absolute atomic E-state index is 3.69. The minimum absolute atomic E-state index is 0.657. The zero-order valence-electron chi connectivity index (χ0n) is 13.3. The Morgan fingerprint density at radius 1 is 0.952 bits per heavy atom. The van der Waals surface area contributed by atoms with Crippen LogP contribution in [-0.2, 0) is 6.54 Å². The molecule has 0 bridgehead atoms. The molecule has 0 heterocycles. The summed E-state index contributed by atoms with van der Waals surface area (Å²) in [7, 11) is -1.16. The van der Waals surface area contributed by atoms with Crippen LogP contribution in [0.25, 0.3) is 0 Å². The lowest BCUT2D eigenvalue weighted by atomic mass is 10.1. The molecule has 0 spiro atoms. The summed E-state index contributed by atoms with van der Waals surface area (Å²) in [5, 5.41) is 5.23. The van der Waals surface area contributed by atoms with Gasteiger partial charge in [-0.15, -0.1) is 0 Å². The molecular weight excluding hydrogens is 270 g/mol. The Labute approximate surface area is 129 Å². The highest BCUT2D eigenvalue weighted by Gasteiger charge is 2.37. The number of hydrogen-bond acceptors (Lipinski definition) is 1. The Morgan fingerprint density at radius 2 is 1.62 bits per heavy atom. The third-order valence-electron chi connectivity index (χ3n) is 4.41. The molecule has 0 aromatic heterocycles. The normalized spacial score (nSPS) is 21.3. The van der Waals surface area contributed by atoms with Gasteiger partial charge in [0.2, 0.25) is 0 Å². The molecule has 1 saturated carbocycles. The SMILES string of the molecule is C[Si](C)(C)c1ccc(CNC2CC2c2ccccc2)cc1. The molecule has 1 nitrogen and oxygen atoms in total. The molecule has 1 fully saturated rings. The third kappa shape index (κ3) is 3.63. The maximum atomic E-state index is 3.69. The molecule has 2 heteroatoms. The second-order valence-corrected chi connectivity index (χ2v) is 12.3. The van der Waals surface area contributed by atoms with E-state index in [4.69, 9.17) is 0 Å². The lowest BCUT2D eigenvalue weighted by Gasteiger charge is -2.16. The van der Waals surface area contributed by atoms with E-state index in [0.29, 0.717) is 12.0 Å². The molecule has 0 aliphatic heterocycles. The third-order valence-corrected chi connectivity index (χ3v) is 6.47. The summed E-state index contributed by atoms with van der Waals surface area (Å²) < 4.78 is 0. The number of rotatable bonds is 5. The first-order chi connectivity index (χ1) is 10.0. The van der Waals surface area contributed by atoms with Gasteiger partial charge in [0, 0.05) is 18.5 Å². The maximum Gasteiger partial charge on any atom is 0.0775 e. The second-order valence-electron chi connectivity index (χ2n) is 7.19. The zero-order chi connectivity index (χ0) is 14.9. The van der Waals surface area contributed by atoms with Crippen LogP contribution in [0.3, 0.4) is 0 Å². The summed E-state index contributed by atoms with van der Waals surface area (Å²) in [4.78, 5) is 0. The molecule has 1 aliphatic carbocycles. The van der Waals surface area contributed by atoms with E-state index in [-0.39, 0.29) is 0 Å². The van der Waals surface area contributed by atoms with Gasteiger partial charge in [0.15, 0.2) is 0 Å². The van der Waals surface area contributed by atoms with Gasteiger partial charge in [0.05, 0.1) is 8.07 Å². The first-order valence-electron chi connectivity index (χ1n) is 7.92. The van der Waals surface area contributed by atoms with Crippen molar-refractivity contribution in [1.82, 2.24) is 5.32 Å². The lowest BCUT2D eigenvalue weighted by Crippen LogP contribution is -2.37. The molecule has 0 saturated heterocycles. The van der Waals surface area contributed by atoms with E-state index in [1.807, 2.05) is 0 Å². The first kappa shape index (κ1) is 14.5. The Bertz CT molecular complexity index is 583. The van der Waals surface area contributed by atoms with Gasteiger partial charge >= 0.3 is 0 Å². The van der Waals surface area contributed by atoms with Crippen LogP contribution in [0.1, 0.15) is 23.5 Å². The van der Waals surface area contributed by atoms with Crippen molar-refractivity contribution in [3.05, 3.63) is 65.7 Å². The van der Waals surface area contributed by atoms with E-state index in [1.165, 1.54) is 17.5 Å². The molecule has 0 radical (unpaired) electrons. The first-order valence-corrected chi connectivity index (χ1v) is 11.4. The summed E-state index contributed by atoms with van der Waals surface area (Å²) in [5.74, 6) is 0.715. The zero-order valence-corrected chi connectivity index (χ0v) is 14.3. The van der Waals surface area contributed by atoms with E-state index in [0.717, 1.165) is 6.54 Å². The van der Waals surface area contributed by atoms with Crippen molar-refractivity contribution in [2.45, 2.75) is 44.6 Å². The summed E-state index contributed by atoms with van der Waals surface area (Å²) in [6, 6.07) is 20.7. The Kier molecular flexibility index (Phi) is 4.00. The Hall–Kier alpha value is -1.38. The minimum Gasteiger partial charge on any atom is -0.309 e. The van der Waals surface area contributed by atoms with Crippen LogP contribution in [0.2, 0.25) is 19.6 Å². The van der Waals surface area contributed by atoms with Crippen molar-refractivity contribution < 1.29 is 0 Å². The lowest BCUT2D eigenvalue weighted by molar-refractivity contribution is 0.673. The quantitative estimate of drug-likeness (QED) is 0.826. The predicted octanol–water partition coefficient (Wildman–Crippen LogP) is 3.88. The molecule has 3 rings (SSSR count). The standard InChI is InChI=1S/C19H25NSi/c1-21(2,3)17-11-9-15(10-12-17)14-20-19-13-18(19)16-7-5-4-6-8-16/h4-12,18-20H,13-14H2,1-3H3. The average Bonchev–Trinajstić information content (AvgIpc) is 3.25. The summed E-state index contributed by atoms with van der Waals surface area (Å²) in [5.41, 5.74) is 2.87. The van der Waals surface area contributed by atoms with E-state index in [9.17, 15) is 0 Å². The van der Waals surface area contributed by atoms with Crippen molar-refractivity contribution in [1.29, 1.82) is 0 Å². The van der Waals surface area contributed by atoms with Crippen molar-refractivity contribution in [2.24, 2.45) is 0 Å². The fourth-order valence-electron chi connectivity index (χ4n) is 2.86. The van der Waals surface area contributed by atoms with E-state index >= 15 is 0 Å². The van der Waals surface area contributed by atoms with Gasteiger partial charge in [0.1, 0.15) is 0 Å². The Balaban J connectivity index is 1.53. The summed E-state index contributed by atoms with van der Waals surface area (Å²) >= 11 is 0. The van der Waals surface area contributed by atoms with Gasteiger partial charge in [-0.2, -0.15) is 0 Å². The molecule has 2 aromatic rings. The number of hydrogen-bond donors (Lipinski definition) is 1. The fraction of sp³-hybridized carbons (Fsp3) is 0.368. The molecule has 21 heavy (non-hydrogen) atoms. The van der Waals surface area contributed by atoms with Gasteiger partial charge in [-0.05, 0) is 17.5 Å². The van der Waals surface area contributed by atoms with Gasteiger partial charge in [-0.1, -0.05) is 79.4 Å².